The molecule has 3 heteroatoms. The van der Waals surface area contributed by atoms with E-state index >= 15 is 0 Å². The summed E-state index contributed by atoms with van der Waals surface area (Å²) in [4.78, 5) is 11.4. The number of carbonyl (C=O) groups is 1. The van der Waals surface area contributed by atoms with E-state index in [-0.39, 0.29) is 18.7 Å². The van der Waals surface area contributed by atoms with Gasteiger partial charge in [0, 0.05) is 0 Å². The van der Waals surface area contributed by atoms with Crippen LogP contribution in [0.3, 0.4) is 0 Å². The summed E-state index contributed by atoms with van der Waals surface area (Å²) >= 11 is 0. The maximum atomic E-state index is 11.4. The van der Waals surface area contributed by atoms with Gasteiger partial charge >= 0.3 is 5.97 Å². The van der Waals surface area contributed by atoms with Crippen molar-refractivity contribution in [3.8, 4) is 0 Å². The molecule has 0 N–H and O–H groups in total. The van der Waals surface area contributed by atoms with E-state index in [4.69, 9.17) is 9.47 Å². The second-order valence-corrected chi connectivity index (χ2v) is 4.61. The first-order chi connectivity index (χ1) is 7.34. The van der Waals surface area contributed by atoms with Crippen LogP contribution >= 0.6 is 0 Å². The molecule has 0 radical (unpaired) electrons. The van der Waals surface area contributed by atoms with Gasteiger partial charge < -0.3 is 9.47 Å². The lowest BCUT2D eigenvalue weighted by atomic mass is 10.3. The molecular formula is C12H20O3. The minimum atomic E-state index is -0.172. The quantitative estimate of drug-likeness (QED) is 0.671. The van der Waals surface area contributed by atoms with Gasteiger partial charge in [-0.05, 0) is 38.5 Å². The molecule has 2 saturated carbocycles. The Bertz CT molecular complexity index is 203. The Kier molecular flexibility index (Phi) is 4.01. The topological polar surface area (TPSA) is 35.5 Å². The van der Waals surface area contributed by atoms with Gasteiger partial charge in [-0.2, -0.15) is 0 Å². The van der Waals surface area contributed by atoms with Crippen LogP contribution in [0.15, 0.2) is 0 Å². The van der Waals surface area contributed by atoms with Crippen LogP contribution in [0, 0.1) is 0 Å². The maximum absolute atomic E-state index is 11.4. The van der Waals surface area contributed by atoms with E-state index < -0.39 is 0 Å². The first-order valence-electron chi connectivity index (χ1n) is 6.15. The summed E-state index contributed by atoms with van der Waals surface area (Å²) < 4.78 is 10.8. The zero-order valence-corrected chi connectivity index (χ0v) is 9.24. The first kappa shape index (κ1) is 10.9. The molecule has 2 aliphatic rings. The summed E-state index contributed by atoms with van der Waals surface area (Å²) in [7, 11) is 0. The average Bonchev–Trinajstić information content (AvgIpc) is 2.86. The Balaban J connectivity index is 1.59. The lowest BCUT2D eigenvalue weighted by molar-refractivity contribution is -0.156. The van der Waals surface area contributed by atoms with E-state index in [1.54, 1.807) is 0 Å². The van der Waals surface area contributed by atoms with Crippen molar-refractivity contribution in [2.75, 3.05) is 6.61 Å². The van der Waals surface area contributed by atoms with Gasteiger partial charge in [0.1, 0.15) is 12.7 Å². The minimum Gasteiger partial charge on any atom is -0.461 e. The highest BCUT2D eigenvalue weighted by Crippen LogP contribution is 2.22. The summed E-state index contributed by atoms with van der Waals surface area (Å²) in [6.45, 7) is 0.154. The summed E-state index contributed by atoms with van der Waals surface area (Å²) in [5, 5.41) is 0. The van der Waals surface area contributed by atoms with E-state index in [1.165, 1.54) is 25.7 Å². The van der Waals surface area contributed by atoms with E-state index in [2.05, 4.69) is 0 Å². The number of hydrogen-bond donors (Lipinski definition) is 0. The fraction of sp³-hybridized carbons (Fsp3) is 0.917. The Hall–Kier alpha value is -0.570. The highest BCUT2D eigenvalue weighted by molar-refractivity contribution is 5.70. The first-order valence-corrected chi connectivity index (χ1v) is 6.15. The third kappa shape index (κ3) is 3.49. The fourth-order valence-corrected chi connectivity index (χ4v) is 2.47. The van der Waals surface area contributed by atoms with Gasteiger partial charge in [-0.25, -0.2) is 4.79 Å². The lowest BCUT2D eigenvalue weighted by Crippen LogP contribution is -2.22. The Labute approximate surface area is 91.1 Å². The average molecular weight is 212 g/mol. The molecule has 0 aromatic heterocycles. The Morgan fingerprint density at radius 2 is 1.47 bits per heavy atom. The van der Waals surface area contributed by atoms with Crippen LogP contribution in [-0.2, 0) is 14.3 Å². The third-order valence-corrected chi connectivity index (χ3v) is 3.34. The smallest absolute Gasteiger partial charge is 0.332 e. The Morgan fingerprint density at radius 1 is 0.933 bits per heavy atom. The molecule has 0 aromatic carbocycles. The van der Waals surface area contributed by atoms with E-state index in [0.29, 0.717) is 6.10 Å². The van der Waals surface area contributed by atoms with Crippen molar-refractivity contribution < 1.29 is 14.3 Å². The van der Waals surface area contributed by atoms with Crippen LogP contribution in [0.4, 0.5) is 0 Å². The van der Waals surface area contributed by atoms with Crippen molar-refractivity contribution in [2.24, 2.45) is 0 Å². The second kappa shape index (κ2) is 5.50. The summed E-state index contributed by atoms with van der Waals surface area (Å²) in [6.07, 6.45) is 9.64. The molecular weight excluding hydrogens is 192 g/mol. The molecule has 0 aliphatic heterocycles. The van der Waals surface area contributed by atoms with Crippen molar-refractivity contribution in [2.45, 2.75) is 63.6 Å². The number of ether oxygens (including phenoxy) is 2. The number of hydrogen-bond acceptors (Lipinski definition) is 3. The molecule has 0 spiro atoms. The van der Waals surface area contributed by atoms with E-state index in [9.17, 15) is 4.79 Å². The van der Waals surface area contributed by atoms with E-state index in [0.717, 1.165) is 25.7 Å². The van der Waals surface area contributed by atoms with Crippen molar-refractivity contribution in [3.05, 3.63) is 0 Å². The normalized spacial score (nSPS) is 23.5. The van der Waals surface area contributed by atoms with Gasteiger partial charge in [0.05, 0.1) is 6.10 Å². The van der Waals surface area contributed by atoms with Gasteiger partial charge in [-0.15, -0.1) is 0 Å². The molecule has 2 fully saturated rings. The molecule has 0 amide bonds. The minimum absolute atomic E-state index is 0.154. The molecule has 2 aliphatic carbocycles. The summed E-state index contributed by atoms with van der Waals surface area (Å²) in [6, 6.07) is 0. The second-order valence-electron chi connectivity index (χ2n) is 4.61. The standard InChI is InChI=1S/C12H20O3/c13-12(15-11-7-3-4-8-11)9-14-10-5-1-2-6-10/h10-11H,1-9H2. The van der Waals surface area contributed by atoms with Gasteiger partial charge in [-0.3, -0.25) is 0 Å². The fourth-order valence-electron chi connectivity index (χ4n) is 2.47. The lowest BCUT2D eigenvalue weighted by Gasteiger charge is -2.13. The van der Waals surface area contributed by atoms with Gasteiger partial charge in [-0.1, -0.05) is 12.8 Å². The highest BCUT2D eigenvalue weighted by Gasteiger charge is 2.21. The molecule has 15 heavy (non-hydrogen) atoms. The molecule has 0 aromatic rings. The molecule has 0 heterocycles. The molecule has 86 valence electrons. The molecule has 2 rings (SSSR count). The van der Waals surface area contributed by atoms with Crippen molar-refractivity contribution >= 4 is 5.97 Å². The number of esters is 1. The zero-order chi connectivity index (χ0) is 10.5. The molecule has 0 atom stereocenters. The van der Waals surface area contributed by atoms with Crippen molar-refractivity contribution in [1.29, 1.82) is 0 Å². The zero-order valence-electron chi connectivity index (χ0n) is 9.24. The van der Waals surface area contributed by atoms with Crippen LogP contribution in [0.1, 0.15) is 51.4 Å². The van der Waals surface area contributed by atoms with Crippen LogP contribution in [0.2, 0.25) is 0 Å². The third-order valence-electron chi connectivity index (χ3n) is 3.34. The SMILES string of the molecule is O=C(COC1CCCC1)OC1CCCC1. The molecule has 0 saturated heterocycles. The monoisotopic (exact) mass is 212 g/mol. The van der Waals surface area contributed by atoms with Crippen LogP contribution in [-0.4, -0.2) is 24.8 Å². The maximum Gasteiger partial charge on any atom is 0.332 e. The summed E-state index contributed by atoms with van der Waals surface area (Å²) in [5.41, 5.74) is 0. The van der Waals surface area contributed by atoms with Crippen molar-refractivity contribution in [3.63, 3.8) is 0 Å². The van der Waals surface area contributed by atoms with Crippen LogP contribution < -0.4 is 0 Å². The largest absolute Gasteiger partial charge is 0.461 e. The highest BCUT2D eigenvalue weighted by atomic mass is 16.6. The molecule has 0 unspecified atom stereocenters. The summed E-state index contributed by atoms with van der Waals surface area (Å²) in [5.74, 6) is -0.172. The van der Waals surface area contributed by atoms with Gasteiger partial charge in [0.2, 0.25) is 0 Å². The van der Waals surface area contributed by atoms with E-state index in [1.807, 2.05) is 0 Å². The van der Waals surface area contributed by atoms with Crippen LogP contribution in [0.5, 0.6) is 0 Å². The molecule has 0 bridgehead atoms. The van der Waals surface area contributed by atoms with Crippen LogP contribution in [0.25, 0.3) is 0 Å². The predicted molar refractivity (Wildman–Crippen MR) is 56.6 cm³/mol. The predicted octanol–water partition coefficient (Wildman–Crippen LogP) is 2.43. The Morgan fingerprint density at radius 3 is 2.07 bits per heavy atom. The number of rotatable bonds is 4. The number of carbonyl (C=O) groups excluding carboxylic acids is 1. The molecule has 3 nitrogen and oxygen atoms in total. The van der Waals surface area contributed by atoms with Crippen molar-refractivity contribution in [1.82, 2.24) is 0 Å². The van der Waals surface area contributed by atoms with Gasteiger partial charge in [0.15, 0.2) is 0 Å². The van der Waals surface area contributed by atoms with Gasteiger partial charge in [0.25, 0.3) is 0 Å².